The number of amides is 2. The summed E-state index contributed by atoms with van der Waals surface area (Å²) in [6, 6.07) is 33.6. The van der Waals surface area contributed by atoms with Crippen LogP contribution in [0.4, 0.5) is 9.59 Å². The van der Waals surface area contributed by atoms with Crippen LogP contribution in [0.15, 0.2) is 121 Å². The number of alkyl carbamates (subject to hydrolysis) is 2. The van der Waals surface area contributed by atoms with Crippen LogP contribution in [0.3, 0.4) is 0 Å². The molecule has 0 spiro atoms. The first-order valence-electron chi connectivity index (χ1n) is 13.7. The van der Waals surface area contributed by atoms with Crippen LogP contribution in [0.1, 0.15) is 22.3 Å². The number of carbonyl (C=O) groups is 4. The average Bonchev–Trinajstić information content (AvgIpc) is 3.04. The van der Waals surface area contributed by atoms with E-state index in [9.17, 15) is 19.2 Å². The van der Waals surface area contributed by atoms with Crippen LogP contribution >= 0.6 is 0 Å². The molecule has 2 amide bonds. The average molecular weight is 581 g/mol. The first-order valence-corrected chi connectivity index (χ1v) is 13.7. The number of nitrogens with one attached hydrogen (secondary N) is 2. The maximum absolute atomic E-state index is 13.3. The second kappa shape index (κ2) is 16.1. The van der Waals surface area contributed by atoms with Gasteiger partial charge in [0.2, 0.25) is 0 Å². The van der Waals surface area contributed by atoms with E-state index in [1.165, 1.54) is 0 Å². The van der Waals surface area contributed by atoms with Gasteiger partial charge < -0.3 is 24.8 Å². The van der Waals surface area contributed by atoms with Gasteiger partial charge in [0.15, 0.2) is 0 Å². The van der Waals surface area contributed by atoms with Crippen molar-refractivity contribution in [2.45, 2.75) is 38.1 Å². The molecule has 0 saturated carbocycles. The van der Waals surface area contributed by atoms with Gasteiger partial charge in [-0.3, -0.25) is 0 Å². The van der Waals surface area contributed by atoms with Crippen molar-refractivity contribution >= 4 is 24.1 Å². The molecule has 0 radical (unpaired) electrons. The van der Waals surface area contributed by atoms with E-state index in [0.717, 1.165) is 22.3 Å². The van der Waals surface area contributed by atoms with Gasteiger partial charge in [-0.05, 0) is 22.3 Å². The Hall–Kier alpha value is -5.44. The summed E-state index contributed by atoms with van der Waals surface area (Å²) in [5, 5.41) is 5.02. The quantitative estimate of drug-likeness (QED) is 0.135. The van der Waals surface area contributed by atoms with Crippen LogP contribution in [0, 0.1) is 0 Å². The van der Waals surface area contributed by atoms with E-state index in [1.54, 1.807) is 72.8 Å². The van der Waals surface area contributed by atoms with Crippen LogP contribution in [-0.2, 0) is 49.9 Å². The monoisotopic (exact) mass is 580 g/mol. The predicted octanol–water partition coefficient (Wildman–Crippen LogP) is 5.13. The third kappa shape index (κ3) is 10.5. The van der Waals surface area contributed by atoms with Crippen LogP contribution in [0.5, 0.6) is 0 Å². The summed E-state index contributed by atoms with van der Waals surface area (Å²) in [5.41, 5.74) is 2.99. The lowest BCUT2D eigenvalue weighted by Crippen LogP contribution is -2.48. The first kappa shape index (κ1) is 30.5. The molecule has 0 aliphatic carbocycles. The fourth-order valence-corrected chi connectivity index (χ4v) is 4.14. The van der Waals surface area contributed by atoms with Crippen molar-refractivity contribution in [2.24, 2.45) is 0 Å². The highest BCUT2D eigenvalue weighted by Gasteiger charge is 2.30. The van der Waals surface area contributed by atoms with Crippen molar-refractivity contribution < 1.29 is 33.4 Å². The Morgan fingerprint density at radius 1 is 0.465 bits per heavy atom. The molecule has 0 aliphatic heterocycles. The molecule has 0 bridgehead atoms. The number of benzene rings is 4. The summed E-state index contributed by atoms with van der Waals surface area (Å²) in [4.78, 5) is 51.8. The molecule has 4 rings (SSSR count). The summed E-state index contributed by atoms with van der Waals surface area (Å²) >= 11 is 0. The summed E-state index contributed by atoms with van der Waals surface area (Å²) in [6.45, 7) is -0.0141. The van der Waals surface area contributed by atoms with E-state index in [0.29, 0.717) is 0 Å². The molecular formula is C34H32N2O7. The van der Waals surface area contributed by atoms with Gasteiger partial charge in [0.1, 0.15) is 25.3 Å². The van der Waals surface area contributed by atoms with E-state index in [4.69, 9.17) is 14.2 Å². The van der Waals surface area contributed by atoms with Crippen molar-refractivity contribution in [1.82, 2.24) is 10.6 Å². The molecule has 0 saturated heterocycles. The van der Waals surface area contributed by atoms with Crippen LogP contribution < -0.4 is 10.6 Å². The lowest BCUT2D eigenvalue weighted by molar-refractivity contribution is -0.162. The van der Waals surface area contributed by atoms with E-state index in [2.05, 4.69) is 10.6 Å². The maximum atomic E-state index is 13.3. The zero-order valence-electron chi connectivity index (χ0n) is 23.4. The van der Waals surface area contributed by atoms with Gasteiger partial charge in [-0.15, -0.1) is 0 Å². The Morgan fingerprint density at radius 2 is 0.767 bits per heavy atom. The molecule has 0 aromatic heterocycles. The zero-order valence-corrected chi connectivity index (χ0v) is 23.4. The molecule has 0 heterocycles. The standard InChI is InChI=1S/C34H32N2O7/c37-31(29(21-25-13-5-1-6-14-25)35-33(39)41-23-27-17-9-3-10-18-27)43-32(38)30(22-26-15-7-2-8-16-26)36-34(40)42-24-28-19-11-4-12-20-28/h1-20,29-30H,21-24H2,(H,35,39)(H,36,40)/t29-,30+. The lowest BCUT2D eigenvalue weighted by Gasteiger charge is -2.20. The van der Waals surface area contributed by atoms with E-state index < -0.39 is 36.2 Å². The molecule has 0 aliphatic rings. The molecule has 0 fully saturated rings. The van der Waals surface area contributed by atoms with Gasteiger partial charge in [0, 0.05) is 12.8 Å². The molecule has 4 aromatic carbocycles. The van der Waals surface area contributed by atoms with E-state index in [1.807, 2.05) is 48.5 Å². The van der Waals surface area contributed by atoms with E-state index in [-0.39, 0.29) is 26.1 Å². The Morgan fingerprint density at radius 3 is 1.09 bits per heavy atom. The Bertz CT molecular complexity index is 1350. The molecule has 43 heavy (non-hydrogen) atoms. The van der Waals surface area contributed by atoms with Crippen LogP contribution in [0.2, 0.25) is 0 Å². The molecule has 2 atom stereocenters. The smallest absolute Gasteiger partial charge is 0.408 e. The topological polar surface area (TPSA) is 120 Å². The van der Waals surface area contributed by atoms with Crippen molar-refractivity contribution in [3.63, 3.8) is 0 Å². The summed E-state index contributed by atoms with van der Waals surface area (Å²) < 4.78 is 15.8. The fraction of sp³-hybridized carbons (Fsp3) is 0.176. The molecule has 4 aromatic rings. The molecular weight excluding hydrogens is 548 g/mol. The fourth-order valence-electron chi connectivity index (χ4n) is 4.14. The molecule has 9 heteroatoms. The normalized spacial score (nSPS) is 11.8. The van der Waals surface area contributed by atoms with Crippen molar-refractivity contribution in [3.05, 3.63) is 144 Å². The second-order valence-electron chi connectivity index (χ2n) is 9.64. The van der Waals surface area contributed by atoms with Gasteiger partial charge in [-0.1, -0.05) is 121 Å². The highest BCUT2D eigenvalue weighted by molar-refractivity contribution is 5.93. The minimum Gasteiger partial charge on any atom is -0.445 e. The second-order valence-corrected chi connectivity index (χ2v) is 9.64. The SMILES string of the molecule is O=C(N[C@@H](Cc1ccccc1)C(=O)OC(=O)[C@@H](Cc1ccccc1)NC(=O)OCc1ccccc1)OCc1ccccc1. The highest BCUT2D eigenvalue weighted by Crippen LogP contribution is 2.10. The summed E-state index contributed by atoms with van der Waals surface area (Å²) in [7, 11) is 0. The number of hydrogen-bond donors (Lipinski definition) is 2. The number of carbonyl (C=O) groups excluding carboxylic acids is 4. The minimum atomic E-state index is -1.24. The Kier molecular flexibility index (Phi) is 11.4. The van der Waals surface area contributed by atoms with E-state index >= 15 is 0 Å². The van der Waals surface area contributed by atoms with Crippen LogP contribution in [0.25, 0.3) is 0 Å². The minimum absolute atomic E-state index is 0.00707. The molecule has 0 unspecified atom stereocenters. The van der Waals surface area contributed by atoms with Gasteiger partial charge in [0.25, 0.3) is 0 Å². The number of rotatable bonds is 12. The van der Waals surface area contributed by atoms with Gasteiger partial charge in [-0.2, -0.15) is 0 Å². The zero-order chi connectivity index (χ0) is 30.3. The molecule has 2 N–H and O–H groups in total. The lowest BCUT2D eigenvalue weighted by atomic mass is 10.1. The van der Waals surface area contributed by atoms with Gasteiger partial charge >= 0.3 is 24.1 Å². The van der Waals surface area contributed by atoms with Crippen molar-refractivity contribution in [2.75, 3.05) is 0 Å². The Labute approximate surface area is 249 Å². The highest BCUT2D eigenvalue weighted by atomic mass is 16.6. The largest absolute Gasteiger partial charge is 0.445 e. The van der Waals surface area contributed by atoms with Crippen LogP contribution in [-0.4, -0.2) is 36.2 Å². The van der Waals surface area contributed by atoms with Gasteiger partial charge in [0.05, 0.1) is 0 Å². The van der Waals surface area contributed by atoms with Crippen molar-refractivity contribution in [1.29, 1.82) is 0 Å². The third-order valence-corrected chi connectivity index (χ3v) is 6.35. The summed E-state index contributed by atoms with van der Waals surface area (Å²) in [5.74, 6) is -1.99. The maximum Gasteiger partial charge on any atom is 0.408 e. The van der Waals surface area contributed by atoms with Gasteiger partial charge in [-0.25, -0.2) is 19.2 Å². The third-order valence-electron chi connectivity index (χ3n) is 6.35. The summed E-state index contributed by atoms with van der Waals surface area (Å²) in [6.07, 6.45) is -1.61. The molecule has 9 nitrogen and oxygen atoms in total. The molecule has 220 valence electrons. The Balaban J connectivity index is 1.43. The number of esters is 2. The first-order chi connectivity index (χ1) is 21.0. The number of ether oxygens (including phenoxy) is 3. The predicted molar refractivity (Wildman–Crippen MR) is 158 cm³/mol. The van der Waals surface area contributed by atoms with Crippen molar-refractivity contribution in [3.8, 4) is 0 Å². The number of hydrogen-bond acceptors (Lipinski definition) is 7.